The number of nitrogens with zero attached hydrogens (tertiary/aromatic N) is 1. The van der Waals surface area contributed by atoms with Crippen LogP contribution in [-0.4, -0.2) is 43.7 Å². The van der Waals surface area contributed by atoms with Gasteiger partial charge in [0.25, 0.3) is 0 Å². The molecule has 38 heavy (non-hydrogen) atoms. The van der Waals surface area contributed by atoms with Crippen molar-refractivity contribution < 1.29 is 19.0 Å². The van der Waals surface area contributed by atoms with Crippen LogP contribution in [0.1, 0.15) is 49.5 Å². The minimum absolute atomic E-state index is 0.167. The molecular formula is C31H35Cl2NO4. The number of morpholine rings is 1. The van der Waals surface area contributed by atoms with Gasteiger partial charge in [-0.3, -0.25) is 9.69 Å². The number of hydrogen-bond acceptors (Lipinski definition) is 5. The molecule has 1 aliphatic heterocycles. The third kappa shape index (κ3) is 7.97. The van der Waals surface area contributed by atoms with E-state index in [-0.39, 0.29) is 18.0 Å². The summed E-state index contributed by atoms with van der Waals surface area (Å²) in [6.07, 6.45) is 0.867. The molecule has 0 aliphatic carbocycles. The maximum atomic E-state index is 12.7. The van der Waals surface area contributed by atoms with E-state index in [0.717, 1.165) is 24.1 Å². The standard InChI is InChI=1S/C31H35Cl2NO4/c1-21(2)18-23-4-6-24(7-5-23)22(3)31(35)37-17-15-34-14-16-36-30(20-34)28-13-12-27(19-29(28)33)38-26-10-8-25(32)9-11-26/h4-13,19,21-22,30H,14-18,20H2,1-3H3. The molecule has 0 N–H and O–H groups in total. The van der Waals surface area contributed by atoms with Crippen LogP contribution in [0.4, 0.5) is 0 Å². The van der Waals surface area contributed by atoms with E-state index in [1.54, 1.807) is 18.2 Å². The van der Waals surface area contributed by atoms with Crippen molar-refractivity contribution in [3.63, 3.8) is 0 Å². The summed E-state index contributed by atoms with van der Waals surface area (Å²) < 4.78 is 17.5. The van der Waals surface area contributed by atoms with E-state index in [0.29, 0.717) is 53.8 Å². The molecule has 3 aromatic rings. The molecule has 4 rings (SSSR count). The van der Waals surface area contributed by atoms with Crippen molar-refractivity contribution in [3.05, 3.63) is 93.5 Å². The van der Waals surface area contributed by atoms with Crippen molar-refractivity contribution in [3.8, 4) is 11.5 Å². The highest BCUT2D eigenvalue weighted by atomic mass is 35.5. The van der Waals surface area contributed by atoms with E-state index in [1.165, 1.54) is 5.56 Å². The number of carbonyl (C=O) groups is 1. The number of esters is 1. The van der Waals surface area contributed by atoms with Crippen LogP contribution in [-0.2, 0) is 20.7 Å². The van der Waals surface area contributed by atoms with Crippen molar-refractivity contribution in [2.24, 2.45) is 5.92 Å². The molecule has 1 aliphatic rings. The lowest BCUT2D eigenvalue weighted by molar-refractivity contribution is -0.146. The Bertz CT molecular complexity index is 1200. The quantitative estimate of drug-likeness (QED) is 0.240. The summed E-state index contributed by atoms with van der Waals surface area (Å²) in [5, 5.41) is 1.24. The Morgan fingerprint density at radius 1 is 1.00 bits per heavy atom. The molecule has 0 aromatic heterocycles. The van der Waals surface area contributed by atoms with Gasteiger partial charge in [0.2, 0.25) is 0 Å². The summed E-state index contributed by atoms with van der Waals surface area (Å²) in [5.74, 6) is 1.43. The maximum absolute atomic E-state index is 12.7. The second-order valence-electron chi connectivity index (χ2n) is 10.1. The van der Waals surface area contributed by atoms with Crippen LogP contribution in [0.2, 0.25) is 10.0 Å². The lowest BCUT2D eigenvalue weighted by Gasteiger charge is -2.33. The fraction of sp³-hybridized carbons (Fsp3) is 0.387. The first kappa shape index (κ1) is 28.4. The van der Waals surface area contributed by atoms with Gasteiger partial charge in [-0.1, -0.05) is 67.4 Å². The normalized spacial score (nSPS) is 16.8. The van der Waals surface area contributed by atoms with Crippen LogP contribution in [0.25, 0.3) is 0 Å². The molecule has 0 bridgehead atoms. The molecule has 7 heteroatoms. The van der Waals surface area contributed by atoms with Crippen molar-refractivity contribution in [1.29, 1.82) is 0 Å². The third-order valence-electron chi connectivity index (χ3n) is 6.65. The van der Waals surface area contributed by atoms with Gasteiger partial charge in [0.05, 0.1) is 23.7 Å². The molecule has 5 nitrogen and oxygen atoms in total. The SMILES string of the molecule is CC(C)Cc1ccc(C(C)C(=O)OCCN2CCOC(c3ccc(Oc4ccc(Cl)cc4)cc3Cl)C2)cc1. The summed E-state index contributed by atoms with van der Waals surface area (Å²) in [6.45, 7) is 9.30. The number of benzene rings is 3. The zero-order chi connectivity index (χ0) is 27.1. The summed E-state index contributed by atoms with van der Waals surface area (Å²) in [7, 11) is 0. The maximum Gasteiger partial charge on any atom is 0.313 e. The fourth-order valence-corrected chi connectivity index (χ4v) is 4.93. The number of carbonyl (C=O) groups excluding carboxylic acids is 1. The molecule has 0 amide bonds. The lowest BCUT2D eigenvalue weighted by Crippen LogP contribution is -2.40. The van der Waals surface area contributed by atoms with Gasteiger partial charge in [0.15, 0.2) is 0 Å². The van der Waals surface area contributed by atoms with Crippen LogP contribution in [0.5, 0.6) is 11.5 Å². The zero-order valence-electron chi connectivity index (χ0n) is 22.2. The second-order valence-corrected chi connectivity index (χ2v) is 11.0. The molecule has 1 saturated heterocycles. The Hall–Kier alpha value is -2.57. The first-order valence-corrected chi connectivity index (χ1v) is 13.9. The average Bonchev–Trinajstić information content (AvgIpc) is 2.90. The average molecular weight is 557 g/mol. The molecule has 2 unspecified atom stereocenters. The Labute approximate surface area is 235 Å². The molecule has 0 spiro atoms. The zero-order valence-corrected chi connectivity index (χ0v) is 23.7. The van der Waals surface area contributed by atoms with Crippen molar-refractivity contribution in [2.75, 3.05) is 32.8 Å². The molecule has 1 heterocycles. The van der Waals surface area contributed by atoms with Gasteiger partial charge >= 0.3 is 5.97 Å². The van der Waals surface area contributed by atoms with Gasteiger partial charge in [0, 0.05) is 30.2 Å². The van der Waals surface area contributed by atoms with Crippen LogP contribution in [0, 0.1) is 5.92 Å². The third-order valence-corrected chi connectivity index (χ3v) is 7.23. The molecular weight excluding hydrogens is 521 g/mol. The van der Waals surface area contributed by atoms with E-state index >= 15 is 0 Å². The minimum atomic E-state index is -0.298. The van der Waals surface area contributed by atoms with Crippen LogP contribution in [0.15, 0.2) is 66.7 Å². The molecule has 0 saturated carbocycles. The van der Waals surface area contributed by atoms with Crippen LogP contribution in [0.3, 0.4) is 0 Å². The Morgan fingerprint density at radius 2 is 1.71 bits per heavy atom. The van der Waals surface area contributed by atoms with Crippen LogP contribution < -0.4 is 4.74 Å². The summed E-state index contributed by atoms with van der Waals surface area (Å²) in [4.78, 5) is 14.9. The summed E-state index contributed by atoms with van der Waals surface area (Å²) >= 11 is 12.5. The Kier molecular flexibility index (Phi) is 10.1. The first-order valence-electron chi connectivity index (χ1n) is 13.1. The van der Waals surface area contributed by atoms with E-state index in [2.05, 4.69) is 30.9 Å². The summed E-state index contributed by atoms with van der Waals surface area (Å²) in [6, 6.07) is 21.1. The van der Waals surface area contributed by atoms with Gasteiger partial charge in [-0.2, -0.15) is 0 Å². The highest BCUT2D eigenvalue weighted by Gasteiger charge is 2.25. The number of ether oxygens (including phenoxy) is 3. The van der Waals surface area contributed by atoms with E-state index in [4.69, 9.17) is 37.4 Å². The van der Waals surface area contributed by atoms with Gasteiger partial charge in [0.1, 0.15) is 18.1 Å². The predicted molar refractivity (Wildman–Crippen MR) is 152 cm³/mol. The fourth-order valence-electron chi connectivity index (χ4n) is 4.52. The monoisotopic (exact) mass is 555 g/mol. The van der Waals surface area contributed by atoms with E-state index < -0.39 is 0 Å². The van der Waals surface area contributed by atoms with E-state index in [1.807, 2.05) is 43.3 Å². The number of rotatable bonds is 10. The summed E-state index contributed by atoms with van der Waals surface area (Å²) in [5.41, 5.74) is 3.17. The van der Waals surface area contributed by atoms with Crippen molar-refractivity contribution in [2.45, 2.75) is 39.2 Å². The van der Waals surface area contributed by atoms with Gasteiger partial charge in [-0.05, 0) is 66.8 Å². The number of hydrogen-bond donors (Lipinski definition) is 0. The highest BCUT2D eigenvalue weighted by Crippen LogP contribution is 2.33. The molecule has 1 fully saturated rings. The number of halogens is 2. The second kappa shape index (κ2) is 13.5. The van der Waals surface area contributed by atoms with Crippen molar-refractivity contribution in [1.82, 2.24) is 4.90 Å². The highest BCUT2D eigenvalue weighted by molar-refractivity contribution is 6.31. The lowest BCUT2D eigenvalue weighted by atomic mass is 9.97. The molecule has 0 radical (unpaired) electrons. The smallest absolute Gasteiger partial charge is 0.313 e. The molecule has 202 valence electrons. The first-order chi connectivity index (χ1) is 18.3. The molecule has 2 atom stereocenters. The topological polar surface area (TPSA) is 48.0 Å². The predicted octanol–water partition coefficient (Wildman–Crippen LogP) is 7.70. The minimum Gasteiger partial charge on any atom is -0.464 e. The van der Waals surface area contributed by atoms with Gasteiger partial charge < -0.3 is 14.2 Å². The van der Waals surface area contributed by atoms with Gasteiger partial charge in [-0.25, -0.2) is 0 Å². The van der Waals surface area contributed by atoms with Crippen LogP contribution >= 0.6 is 23.2 Å². The van der Waals surface area contributed by atoms with Crippen molar-refractivity contribution >= 4 is 29.2 Å². The Morgan fingerprint density at radius 3 is 2.39 bits per heavy atom. The largest absolute Gasteiger partial charge is 0.464 e. The van der Waals surface area contributed by atoms with Gasteiger partial charge in [-0.15, -0.1) is 0 Å². The van der Waals surface area contributed by atoms with E-state index in [9.17, 15) is 4.79 Å². The molecule has 3 aromatic carbocycles. The Balaban J connectivity index is 1.26.